The van der Waals surface area contributed by atoms with E-state index in [9.17, 15) is 0 Å². The van der Waals surface area contributed by atoms with E-state index in [0.717, 1.165) is 89.0 Å². The first-order chi connectivity index (χ1) is 36.0. The number of hydrogen-bond donors (Lipinski definition) is 0. The van der Waals surface area contributed by atoms with Gasteiger partial charge in [-0.2, -0.15) is 18.2 Å². The van der Waals surface area contributed by atoms with Crippen LogP contribution in [0.2, 0.25) is 0 Å². The van der Waals surface area contributed by atoms with Gasteiger partial charge >= 0.3 is 0 Å². The van der Waals surface area contributed by atoms with Crippen LogP contribution in [0, 0.1) is 18.5 Å². The molecule has 0 N–H and O–H groups in total. The molecule has 0 spiro atoms. The Kier molecular flexibility index (Phi) is 10.8. The normalized spacial score (nSPS) is 12.3. The summed E-state index contributed by atoms with van der Waals surface area (Å²) in [5.74, 6) is 1.99. The summed E-state index contributed by atoms with van der Waals surface area (Å²) in [4.78, 5) is 4.91. The molecule has 6 nitrogen and oxygen atoms in total. The van der Waals surface area contributed by atoms with Crippen molar-refractivity contribution in [3.63, 3.8) is 0 Å². The SMILES string of the molecule is CC(C)(C)c1ccnc(-n2c3[c-]c(Oc4[c-]c(-n5[c-][n+]6c7c(cc(C(C)(C)C)cc75)-c5ccccc5-c5ccccc5-c5cccc(-n7c8ccccc8c8ccccc87)c5-6)ccc4)ccc3c3ccccc32)c1.[Pt]. The van der Waals surface area contributed by atoms with Crippen molar-refractivity contribution in [3.8, 4) is 67.8 Å². The van der Waals surface area contributed by atoms with Gasteiger partial charge in [0.25, 0.3) is 6.33 Å². The number of aromatic nitrogens is 5. The van der Waals surface area contributed by atoms with Crippen LogP contribution in [0.3, 0.4) is 0 Å². The quantitative estimate of drug-likeness (QED) is 0.127. The van der Waals surface area contributed by atoms with Crippen molar-refractivity contribution < 1.29 is 30.4 Å². The van der Waals surface area contributed by atoms with Crippen LogP contribution < -0.4 is 9.30 Å². The zero-order chi connectivity index (χ0) is 50.0. The molecule has 1 aliphatic heterocycles. The number of hydrogen-bond acceptors (Lipinski definition) is 2. The third kappa shape index (κ3) is 7.41. The van der Waals surface area contributed by atoms with Gasteiger partial charge in [0.1, 0.15) is 5.82 Å². The fourth-order valence-electron chi connectivity index (χ4n) is 11.4. The molecule has 0 bridgehead atoms. The van der Waals surface area contributed by atoms with Gasteiger partial charge in [-0.1, -0.05) is 168 Å². The number of imidazole rings is 1. The molecule has 0 aliphatic carbocycles. The van der Waals surface area contributed by atoms with E-state index in [2.05, 4.69) is 254 Å². The molecule has 366 valence electrons. The number of pyridine rings is 1. The zero-order valence-corrected chi connectivity index (χ0v) is 44.8. The number of ether oxygens (including phenoxy) is 1. The Morgan fingerprint density at radius 3 is 1.65 bits per heavy atom. The van der Waals surface area contributed by atoms with Crippen molar-refractivity contribution in [1.29, 1.82) is 0 Å². The summed E-state index contributed by atoms with van der Waals surface area (Å²) in [7, 11) is 0. The summed E-state index contributed by atoms with van der Waals surface area (Å²) in [5, 5.41) is 4.63. The molecule has 0 radical (unpaired) electrons. The summed E-state index contributed by atoms with van der Waals surface area (Å²) < 4.78 is 16.0. The predicted octanol–water partition coefficient (Wildman–Crippen LogP) is 16.6. The second-order valence-corrected chi connectivity index (χ2v) is 21.6. The summed E-state index contributed by atoms with van der Waals surface area (Å²) in [6, 6.07) is 77.2. The molecule has 9 aromatic carbocycles. The third-order valence-corrected chi connectivity index (χ3v) is 15.0. The Labute approximate surface area is 451 Å². The van der Waals surface area contributed by atoms with E-state index >= 15 is 0 Å². The molecule has 14 rings (SSSR count). The van der Waals surface area contributed by atoms with Gasteiger partial charge in [0.15, 0.2) is 0 Å². The Balaban J connectivity index is 0.00000541. The zero-order valence-electron chi connectivity index (χ0n) is 42.5. The third-order valence-electron chi connectivity index (χ3n) is 15.0. The fraction of sp³-hybridized carbons (Fsp3) is 0.118. The van der Waals surface area contributed by atoms with Gasteiger partial charge in [-0.3, -0.25) is 4.57 Å². The van der Waals surface area contributed by atoms with Gasteiger partial charge in [0.2, 0.25) is 0 Å². The molecule has 0 fully saturated rings. The second kappa shape index (κ2) is 17.4. The average molecular weight is 1150 g/mol. The monoisotopic (exact) mass is 1150 g/mol. The molecule has 4 aromatic heterocycles. The van der Waals surface area contributed by atoms with E-state index in [1.165, 1.54) is 33.0 Å². The van der Waals surface area contributed by atoms with E-state index in [1.807, 2.05) is 24.4 Å². The van der Waals surface area contributed by atoms with Crippen LogP contribution in [0.25, 0.3) is 111 Å². The van der Waals surface area contributed by atoms with E-state index in [4.69, 9.17) is 9.72 Å². The van der Waals surface area contributed by atoms with Gasteiger partial charge in [-0.05, 0) is 109 Å². The maximum absolute atomic E-state index is 6.84. The smallest absolute Gasteiger partial charge is 0.268 e. The van der Waals surface area contributed by atoms with Crippen LogP contribution in [0.15, 0.2) is 200 Å². The number of benzene rings is 9. The molecule has 13 aromatic rings. The molecule has 0 atom stereocenters. The topological polar surface area (TPSA) is 40.8 Å². The predicted molar refractivity (Wildman–Crippen MR) is 302 cm³/mol. The fourth-order valence-corrected chi connectivity index (χ4v) is 11.4. The van der Waals surface area contributed by atoms with Crippen molar-refractivity contribution >= 4 is 54.6 Å². The number of rotatable bonds is 5. The molecule has 0 unspecified atom stereocenters. The Morgan fingerprint density at radius 1 is 0.453 bits per heavy atom. The first-order valence-electron chi connectivity index (χ1n) is 25.5. The largest absolute Gasteiger partial charge is 0.510 e. The standard InChI is InChI=1S/C68H51N5O.Pt/c1-67(2,3)43-35-36-69-64(39-43)73-60-31-16-13-27-54(60)55-34-33-47(41-62(55)73)74-46-20-17-19-45(40-46)70-42-71-65-56(28-18-32-61(65)72-58-29-14-11-25-52(58)53-26-12-15-30-59(53)72)50-23-9-7-21-48(50)49-22-8-10-24-51(49)57-37-44(68(4,5)6)38-63(70)66(57)71;/h7-39H,1-6H3;/q-2;. The Hall–Kier alpha value is -8.31. The van der Waals surface area contributed by atoms with Crippen molar-refractivity contribution in [2.24, 2.45) is 0 Å². The van der Waals surface area contributed by atoms with Gasteiger partial charge in [-0.15, -0.1) is 29.7 Å². The number of fused-ring (bicyclic) bond motifs is 13. The van der Waals surface area contributed by atoms with Gasteiger partial charge < -0.3 is 18.4 Å². The molecular weight excluding hydrogens is 1100 g/mol. The van der Waals surface area contributed by atoms with Crippen LogP contribution in [-0.2, 0) is 31.9 Å². The molecule has 0 amide bonds. The summed E-state index contributed by atoms with van der Waals surface area (Å²) in [6.07, 6.45) is 5.93. The molecule has 7 heteroatoms. The van der Waals surface area contributed by atoms with E-state index < -0.39 is 0 Å². The van der Waals surface area contributed by atoms with Crippen LogP contribution in [0.5, 0.6) is 11.5 Å². The second-order valence-electron chi connectivity index (χ2n) is 21.6. The van der Waals surface area contributed by atoms with E-state index in [-0.39, 0.29) is 31.9 Å². The molecular formula is C68H51N5OPt-2. The van der Waals surface area contributed by atoms with Gasteiger partial charge in [0, 0.05) is 55.1 Å². The molecule has 0 saturated carbocycles. The Morgan fingerprint density at radius 2 is 1.00 bits per heavy atom. The summed E-state index contributed by atoms with van der Waals surface area (Å²) in [5.41, 5.74) is 18.3. The van der Waals surface area contributed by atoms with Crippen LogP contribution in [0.1, 0.15) is 52.7 Å². The minimum atomic E-state index is -0.183. The molecule has 0 saturated heterocycles. The number of para-hydroxylation sites is 4. The Bertz CT molecular complexity index is 4390. The van der Waals surface area contributed by atoms with E-state index in [0.29, 0.717) is 11.5 Å². The molecule has 75 heavy (non-hydrogen) atoms. The first-order valence-corrected chi connectivity index (χ1v) is 25.5. The summed E-state index contributed by atoms with van der Waals surface area (Å²) in [6.45, 7) is 13.6. The average Bonchev–Trinajstić information content (AvgIpc) is 4.11. The van der Waals surface area contributed by atoms with Crippen LogP contribution in [-0.4, -0.2) is 18.7 Å². The van der Waals surface area contributed by atoms with Crippen molar-refractivity contribution in [3.05, 3.63) is 230 Å². The van der Waals surface area contributed by atoms with Gasteiger partial charge in [0.05, 0.1) is 33.4 Å². The van der Waals surface area contributed by atoms with Crippen molar-refractivity contribution in [2.75, 3.05) is 0 Å². The first kappa shape index (κ1) is 46.5. The van der Waals surface area contributed by atoms with Gasteiger partial charge in [-0.25, -0.2) is 4.98 Å². The van der Waals surface area contributed by atoms with Crippen molar-refractivity contribution in [2.45, 2.75) is 52.4 Å². The number of nitrogens with zero attached hydrogens (tertiary/aromatic N) is 5. The van der Waals surface area contributed by atoms with Crippen LogP contribution in [0.4, 0.5) is 0 Å². The molecule has 5 heterocycles. The van der Waals surface area contributed by atoms with Crippen LogP contribution >= 0.6 is 0 Å². The van der Waals surface area contributed by atoms with Crippen molar-refractivity contribution in [1.82, 2.24) is 18.7 Å². The summed E-state index contributed by atoms with van der Waals surface area (Å²) >= 11 is 0. The maximum Gasteiger partial charge on any atom is 0.268 e. The molecule has 1 aliphatic rings. The van der Waals surface area contributed by atoms with E-state index in [1.54, 1.807) is 0 Å². The minimum absolute atomic E-state index is 0. The minimum Gasteiger partial charge on any atom is -0.510 e. The maximum atomic E-state index is 6.84.